The molecule has 0 saturated heterocycles. The van der Waals surface area contributed by atoms with E-state index in [1.54, 1.807) is 24.3 Å². The molecule has 0 spiro atoms. The van der Waals surface area contributed by atoms with Gasteiger partial charge in [0.15, 0.2) is 0 Å². The zero-order valence-corrected chi connectivity index (χ0v) is 9.91. The highest BCUT2D eigenvalue weighted by atomic mass is 35.5. The minimum atomic E-state index is -0.441. The fraction of sp³-hybridized carbons (Fsp3) is 0.250. The molecule has 3 nitrogen and oxygen atoms in total. The molecule has 0 aromatic heterocycles. The molecule has 0 aliphatic rings. The topological polar surface area (TPSA) is 46.5 Å². The van der Waals surface area contributed by atoms with Gasteiger partial charge < -0.3 is 9.84 Å². The minimum absolute atomic E-state index is 0.0743. The van der Waals surface area contributed by atoms with E-state index in [9.17, 15) is 4.79 Å². The normalized spacial score (nSPS) is 11.4. The highest BCUT2D eigenvalue weighted by molar-refractivity contribution is 6.31. The number of rotatable bonds is 3. The molecule has 0 unspecified atom stereocenters. The number of aliphatic hydroxyl groups excluding tert-OH is 1. The van der Waals surface area contributed by atoms with Crippen LogP contribution < -0.4 is 0 Å². The molecule has 0 heterocycles. The summed E-state index contributed by atoms with van der Waals surface area (Å²) in [5.74, 6) is -0.441. The van der Waals surface area contributed by atoms with Gasteiger partial charge in [-0.15, -0.1) is 0 Å². The molecule has 86 valence electrons. The quantitative estimate of drug-likeness (QED) is 0.826. The van der Waals surface area contributed by atoms with Crippen LogP contribution in [0, 0.1) is 0 Å². The number of hydrogen-bond acceptors (Lipinski definition) is 3. The molecule has 0 amide bonds. The van der Waals surface area contributed by atoms with Crippen molar-refractivity contribution in [2.45, 2.75) is 6.92 Å². The van der Waals surface area contributed by atoms with Crippen LogP contribution in [0.25, 0.3) is 5.57 Å². The van der Waals surface area contributed by atoms with Crippen LogP contribution in [0.1, 0.15) is 22.8 Å². The first-order chi connectivity index (χ1) is 7.60. The number of halogens is 1. The van der Waals surface area contributed by atoms with Gasteiger partial charge in [0.05, 0.1) is 19.3 Å². The van der Waals surface area contributed by atoms with Gasteiger partial charge >= 0.3 is 5.97 Å². The van der Waals surface area contributed by atoms with Crippen molar-refractivity contribution >= 4 is 23.1 Å². The fourth-order valence-corrected chi connectivity index (χ4v) is 1.56. The van der Waals surface area contributed by atoms with Crippen molar-refractivity contribution in [2.75, 3.05) is 13.7 Å². The molecule has 0 aliphatic carbocycles. The maximum Gasteiger partial charge on any atom is 0.338 e. The number of allylic oxidation sites excluding steroid dienone is 1. The Bertz CT molecular complexity index is 424. The van der Waals surface area contributed by atoms with Crippen LogP contribution in [0.5, 0.6) is 0 Å². The summed E-state index contributed by atoms with van der Waals surface area (Å²) in [5.41, 5.74) is 1.92. The molecule has 0 fully saturated rings. The molecule has 1 rings (SSSR count). The Morgan fingerprint density at radius 1 is 1.50 bits per heavy atom. The zero-order valence-electron chi connectivity index (χ0n) is 9.16. The van der Waals surface area contributed by atoms with Crippen LogP contribution in [0.15, 0.2) is 24.3 Å². The number of esters is 1. The molecule has 0 radical (unpaired) electrons. The molecule has 0 saturated carbocycles. The maximum atomic E-state index is 11.5. The molecular formula is C12H13ClO3. The van der Waals surface area contributed by atoms with Gasteiger partial charge in [-0.3, -0.25) is 0 Å². The van der Waals surface area contributed by atoms with Crippen molar-refractivity contribution < 1.29 is 14.6 Å². The molecule has 0 atom stereocenters. The predicted octanol–water partition coefficient (Wildman–Crippen LogP) is 2.52. The van der Waals surface area contributed by atoms with Crippen molar-refractivity contribution in [1.82, 2.24) is 0 Å². The lowest BCUT2D eigenvalue weighted by molar-refractivity contribution is 0.0600. The SMILES string of the molecule is COC(=O)c1cc(Cl)ccc1C(C)=CCO. The number of carbonyl (C=O) groups excluding carboxylic acids is 1. The summed E-state index contributed by atoms with van der Waals surface area (Å²) in [5, 5.41) is 9.29. The molecular weight excluding hydrogens is 228 g/mol. The van der Waals surface area contributed by atoms with Crippen LogP contribution in [0.4, 0.5) is 0 Å². The van der Waals surface area contributed by atoms with Gasteiger partial charge in [0, 0.05) is 5.02 Å². The summed E-state index contributed by atoms with van der Waals surface area (Å²) in [6, 6.07) is 4.98. The van der Waals surface area contributed by atoms with E-state index in [1.165, 1.54) is 7.11 Å². The lowest BCUT2D eigenvalue weighted by atomic mass is 10.0. The van der Waals surface area contributed by atoms with E-state index in [2.05, 4.69) is 4.74 Å². The minimum Gasteiger partial charge on any atom is -0.465 e. The Morgan fingerprint density at radius 2 is 2.19 bits per heavy atom. The average Bonchev–Trinajstić information content (AvgIpc) is 2.28. The first-order valence-electron chi connectivity index (χ1n) is 4.76. The highest BCUT2D eigenvalue weighted by Crippen LogP contribution is 2.23. The van der Waals surface area contributed by atoms with E-state index in [1.807, 2.05) is 6.92 Å². The van der Waals surface area contributed by atoms with E-state index >= 15 is 0 Å². The van der Waals surface area contributed by atoms with E-state index in [0.717, 1.165) is 5.57 Å². The van der Waals surface area contributed by atoms with Crippen molar-refractivity contribution in [1.29, 1.82) is 0 Å². The first kappa shape index (κ1) is 12.7. The molecule has 1 aromatic rings. The number of ether oxygens (including phenoxy) is 1. The molecule has 1 N–H and O–H groups in total. The molecule has 0 aliphatic heterocycles. The van der Waals surface area contributed by atoms with E-state index in [-0.39, 0.29) is 6.61 Å². The van der Waals surface area contributed by atoms with Gasteiger partial charge in [0.2, 0.25) is 0 Å². The van der Waals surface area contributed by atoms with Crippen molar-refractivity contribution in [3.8, 4) is 0 Å². The van der Waals surface area contributed by atoms with Crippen LogP contribution in [0.3, 0.4) is 0 Å². The largest absolute Gasteiger partial charge is 0.465 e. The fourth-order valence-electron chi connectivity index (χ4n) is 1.39. The number of hydrogen-bond donors (Lipinski definition) is 1. The number of aliphatic hydroxyl groups is 1. The Balaban J connectivity index is 3.28. The van der Waals surface area contributed by atoms with Gasteiger partial charge in [-0.1, -0.05) is 23.7 Å². The van der Waals surface area contributed by atoms with Gasteiger partial charge in [0.25, 0.3) is 0 Å². The van der Waals surface area contributed by atoms with Crippen LogP contribution in [0.2, 0.25) is 5.02 Å². The molecule has 16 heavy (non-hydrogen) atoms. The second-order valence-corrected chi connectivity index (χ2v) is 3.69. The summed E-state index contributed by atoms with van der Waals surface area (Å²) in [7, 11) is 1.32. The summed E-state index contributed by atoms with van der Waals surface area (Å²) in [6.07, 6.45) is 1.62. The van der Waals surface area contributed by atoms with E-state index < -0.39 is 5.97 Å². The monoisotopic (exact) mass is 240 g/mol. The Hall–Kier alpha value is -1.32. The van der Waals surface area contributed by atoms with Gasteiger partial charge in [-0.2, -0.15) is 0 Å². The van der Waals surface area contributed by atoms with Crippen LogP contribution in [-0.4, -0.2) is 24.8 Å². The zero-order chi connectivity index (χ0) is 12.1. The van der Waals surface area contributed by atoms with E-state index in [4.69, 9.17) is 16.7 Å². The standard InChI is InChI=1S/C12H13ClO3/c1-8(5-6-14)10-4-3-9(13)7-11(10)12(15)16-2/h3-5,7,14H,6H2,1-2H3. The smallest absolute Gasteiger partial charge is 0.338 e. The predicted molar refractivity (Wildman–Crippen MR) is 63.5 cm³/mol. The highest BCUT2D eigenvalue weighted by Gasteiger charge is 2.13. The van der Waals surface area contributed by atoms with Crippen LogP contribution in [-0.2, 0) is 4.74 Å². The summed E-state index contributed by atoms with van der Waals surface area (Å²) in [6.45, 7) is 1.74. The number of benzene rings is 1. The summed E-state index contributed by atoms with van der Waals surface area (Å²) in [4.78, 5) is 11.5. The molecule has 1 aromatic carbocycles. The Kier molecular flexibility index (Phi) is 4.52. The number of carbonyl (C=O) groups is 1. The van der Waals surface area contributed by atoms with Gasteiger partial charge in [0.1, 0.15) is 0 Å². The third kappa shape index (κ3) is 2.84. The van der Waals surface area contributed by atoms with Gasteiger partial charge in [-0.05, 0) is 30.2 Å². The molecule has 4 heteroatoms. The second kappa shape index (κ2) is 5.68. The average molecular weight is 241 g/mol. The lowest BCUT2D eigenvalue weighted by Gasteiger charge is -2.08. The Labute approximate surface area is 99.3 Å². The van der Waals surface area contributed by atoms with Crippen molar-refractivity contribution in [3.05, 3.63) is 40.4 Å². The summed E-state index contributed by atoms with van der Waals surface area (Å²) >= 11 is 5.82. The van der Waals surface area contributed by atoms with E-state index in [0.29, 0.717) is 16.1 Å². The third-order valence-corrected chi connectivity index (χ3v) is 2.44. The third-order valence-electron chi connectivity index (χ3n) is 2.21. The molecule has 0 bridgehead atoms. The maximum absolute atomic E-state index is 11.5. The van der Waals surface area contributed by atoms with Crippen molar-refractivity contribution in [3.63, 3.8) is 0 Å². The lowest BCUT2D eigenvalue weighted by Crippen LogP contribution is -2.05. The van der Waals surface area contributed by atoms with Gasteiger partial charge in [-0.25, -0.2) is 4.79 Å². The Morgan fingerprint density at radius 3 is 2.75 bits per heavy atom. The van der Waals surface area contributed by atoms with Crippen molar-refractivity contribution in [2.24, 2.45) is 0 Å². The second-order valence-electron chi connectivity index (χ2n) is 3.25. The number of methoxy groups -OCH3 is 1. The summed E-state index contributed by atoms with van der Waals surface area (Å²) < 4.78 is 4.67. The van der Waals surface area contributed by atoms with Crippen LogP contribution >= 0.6 is 11.6 Å². The first-order valence-corrected chi connectivity index (χ1v) is 5.13.